The highest BCUT2D eigenvalue weighted by atomic mass is 32.2. The summed E-state index contributed by atoms with van der Waals surface area (Å²) < 4.78 is 6.30. The highest BCUT2D eigenvalue weighted by Crippen LogP contribution is 2.35. The number of nitrogens with zero attached hydrogens (tertiary/aromatic N) is 2. The van der Waals surface area contributed by atoms with Gasteiger partial charge in [0.1, 0.15) is 0 Å². The molecule has 0 bridgehead atoms. The third-order valence-electron chi connectivity index (χ3n) is 10.8. The van der Waals surface area contributed by atoms with Crippen LogP contribution in [0.1, 0.15) is 201 Å². The van der Waals surface area contributed by atoms with Crippen LogP contribution < -0.4 is 0 Å². The summed E-state index contributed by atoms with van der Waals surface area (Å²) in [4.78, 5) is 17.0. The number of rotatable bonds is 39. The minimum absolute atomic E-state index is 0.149. The van der Waals surface area contributed by atoms with E-state index in [1.807, 2.05) is 7.05 Å². The molecule has 0 radical (unpaired) electrons. The van der Waals surface area contributed by atoms with Gasteiger partial charge in [0.15, 0.2) is 0 Å². The van der Waals surface area contributed by atoms with Crippen molar-refractivity contribution in [1.29, 1.82) is 0 Å². The smallest absolute Gasteiger partial charge is 0.236 e. The predicted molar refractivity (Wildman–Crippen MR) is 229 cm³/mol. The summed E-state index contributed by atoms with van der Waals surface area (Å²) in [6, 6.07) is 0. The Labute approximate surface area is 324 Å². The number of unbranched alkanes of at least 4 members (excludes halogenated alkanes) is 24. The van der Waals surface area contributed by atoms with Crippen molar-refractivity contribution >= 4 is 17.7 Å². The Bertz CT molecular complexity index is 761. The molecule has 51 heavy (non-hydrogen) atoms. The molecule has 1 aliphatic heterocycles. The average Bonchev–Trinajstić information content (AvgIpc) is 3.11. The molecule has 5 heteroatoms. The van der Waals surface area contributed by atoms with Crippen molar-refractivity contribution in [2.45, 2.75) is 201 Å². The highest BCUT2D eigenvalue weighted by molar-refractivity contribution is 7.99. The molecule has 300 valence electrons. The van der Waals surface area contributed by atoms with E-state index in [4.69, 9.17) is 4.74 Å². The molecule has 1 fully saturated rings. The molecule has 1 heterocycles. The van der Waals surface area contributed by atoms with E-state index in [0.29, 0.717) is 6.54 Å². The van der Waals surface area contributed by atoms with Crippen molar-refractivity contribution in [3.05, 3.63) is 24.3 Å². The lowest BCUT2D eigenvalue weighted by molar-refractivity contribution is -0.146. The zero-order valence-corrected chi connectivity index (χ0v) is 35.7. The molecule has 0 saturated carbocycles. The van der Waals surface area contributed by atoms with Gasteiger partial charge in [-0.05, 0) is 83.6 Å². The first-order valence-corrected chi connectivity index (χ1v) is 23.6. The van der Waals surface area contributed by atoms with Crippen molar-refractivity contribution in [2.24, 2.45) is 5.41 Å². The maximum Gasteiger partial charge on any atom is 0.236 e. The van der Waals surface area contributed by atoms with Crippen molar-refractivity contribution in [3.8, 4) is 0 Å². The van der Waals surface area contributed by atoms with Crippen molar-refractivity contribution in [2.75, 3.05) is 57.9 Å². The van der Waals surface area contributed by atoms with E-state index in [2.05, 4.69) is 66.6 Å². The van der Waals surface area contributed by atoms with E-state index in [1.54, 1.807) is 0 Å². The van der Waals surface area contributed by atoms with Gasteiger partial charge >= 0.3 is 0 Å². The van der Waals surface area contributed by atoms with Gasteiger partial charge in [-0.3, -0.25) is 9.69 Å². The lowest BCUT2D eigenvalue weighted by Gasteiger charge is -2.50. The standard InChI is InChI=1S/C46H88N2O2S/c1-5-8-10-12-14-16-18-20-22-24-26-28-30-32-34-36-38-50-43-46(41-48(42-46)45(49)40-47(4)7-3)44-51-39-37-35-33-31-29-27-25-23-21-19-17-15-13-11-9-6-2/h20-23H,5-19,24-44H2,1-4H3/b22-20-,23-21-. The summed E-state index contributed by atoms with van der Waals surface area (Å²) >= 11 is 2.10. The van der Waals surface area contributed by atoms with Gasteiger partial charge in [-0.15, -0.1) is 0 Å². The minimum Gasteiger partial charge on any atom is -0.381 e. The number of likely N-dealkylation sites (tertiary alicyclic amines) is 1. The lowest BCUT2D eigenvalue weighted by Crippen LogP contribution is -2.63. The molecule has 1 saturated heterocycles. The van der Waals surface area contributed by atoms with Gasteiger partial charge in [-0.25, -0.2) is 0 Å². The molecule has 0 aromatic carbocycles. The quantitative estimate of drug-likeness (QED) is 0.0465. The minimum atomic E-state index is 0.149. The van der Waals surface area contributed by atoms with Crippen LogP contribution in [-0.2, 0) is 9.53 Å². The van der Waals surface area contributed by atoms with Crippen LogP contribution in [0.15, 0.2) is 24.3 Å². The first-order valence-electron chi connectivity index (χ1n) is 22.5. The first-order chi connectivity index (χ1) is 25.1. The zero-order chi connectivity index (χ0) is 36.9. The number of allylic oxidation sites excluding steroid dienone is 4. The van der Waals surface area contributed by atoms with Gasteiger partial charge in [0.2, 0.25) is 5.91 Å². The van der Waals surface area contributed by atoms with Crippen molar-refractivity contribution in [3.63, 3.8) is 0 Å². The second-order valence-electron chi connectivity index (χ2n) is 16.1. The molecule has 1 aliphatic rings. The van der Waals surface area contributed by atoms with Gasteiger partial charge in [-0.1, -0.05) is 161 Å². The molecule has 0 unspecified atom stereocenters. The average molecular weight is 733 g/mol. The van der Waals surface area contributed by atoms with Gasteiger partial charge in [0.25, 0.3) is 0 Å². The Balaban J connectivity index is 2.11. The Morgan fingerprint density at radius 2 is 1.02 bits per heavy atom. The first kappa shape index (κ1) is 48.2. The van der Waals surface area contributed by atoms with Crippen LogP contribution in [0.2, 0.25) is 0 Å². The van der Waals surface area contributed by atoms with E-state index in [1.165, 1.54) is 186 Å². The molecule has 0 aliphatic carbocycles. The molecular weight excluding hydrogens is 645 g/mol. The molecule has 0 N–H and O–H groups in total. The van der Waals surface area contributed by atoms with Gasteiger partial charge in [0.05, 0.1) is 13.2 Å². The SMILES string of the molecule is CCCCCCCC/C=C\CCCCCCCCOCC1(CSCCCCCCCC/C=C\CCCCCCCC)CN(C(=O)CN(C)CC)C1. The second-order valence-corrected chi connectivity index (χ2v) is 17.2. The lowest BCUT2D eigenvalue weighted by atomic mass is 9.82. The predicted octanol–water partition coefficient (Wildman–Crippen LogP) is 13.6. The monoisotopic (exact) mass is 733 g/mol. The molecular formula is C46H88N2O2S. The second kappa shape index (κ2) is 36.2. The van der Waals surface area contributed by atoms with Crippen molar-refractivity contribution in [1.82, 2.24) is 9.80 Å². The fraction of sp³-hybridized carbons (Fsp3) is 0.891. The van der Waals surface area contributed by atoms with Crippen LogP contribution in [0, 0.1) is 5.41 Å². The number of hydrogen-bond donors (Lipinski definition) is 0. The molecule has 4 nitrogen and oxygen atoms in total. The summed E-state index contributed by atoms with van der Waals surface area (Å²) in [5.41, 5.74) is 0.149. The van der Waals surface area contributed by atoms with E-state index in [0.717, 1.165) is 38.6 Å². The molecule has 0 aromatic heterocycles. The Morgan fingerprint density at radius 1 is 0.608 bits per heavy atom. The summed E-state index contributed by atoms with van der Waals surface area (Å²) in [6.07, 6.45) is 47.5. The number of thioether (sulfide) groups is 1. The Morgan fingerprint density at radius 3 is 1.47 bits per heavy atom. The normalized spacial score (nSPS) is 14.4. The van der Waals surface area contributed by atoms with E-state index in [9.17, 15) is 4.79 Å². The fourth-order valence-corrected chi connectivity index (χ4v) is 8.34. The van der Waals surface area contributed by atoms with Crippen LogP contribution in [0.25, 0.3) is 0 Å². The molecule has 1 rings (SSSR count). The van der Waals surface area contributed by atoms with E-state index in [-0.39, 0.29) is 11.3 Å². The van der Waals surface area contributed by atoms with Crippen LogP contribution >= 0.6 is 11.8 Å². The number of carbonyl (C=O) groups excluding carboxylic acids is 1. The van der Waals surface area contributed by atoms with Gasteiger partial charge in [-0.2, -0.15) is 11.8 Å². The van der Waals surface area contributed by atoms with Crippen molar-refractivity contribution < 1.29 is 9.53 Å². The summed E-state index contributed by atoms with van der Waals surface area (Å²) in [6.45, 7) is 11.6. The number of amides is 1. The molecule has 0 atom stereocenters. The highest BCUT2D eigenvalue weighted by Gasteiger charge is 2.45. The van der Waals surface area contributed by atoms with Gasteiger partial charge in [0, 0.05) is 30.9 Å². The Kier molecular flexibility index (Phi) is 34.2. The van der Waals surface area contributed by atoms with Crippen LogP contribution in [0.3, 0.4) is 0 Å². The Hall–Kier alpha value is -0.780. The fourth-order valence-electron chi connectivity index (χ4n) is 7.09. The molecule has 1 amide bonds. The number of ether oxygens (including phenoxy) is 1. The molecule has 0 aromatic rings. The van der Waals surface area contributed by atoms with Crippen LogP contribution in [0.4, 0.5) is 0 Å². The third kappa shape index (κ3) is 29.3. The van der Waals surface area contributed by atoms with Gasteiger partial charge < -0.3 is 9.64 Å². The third-order valence-corrected chi connectivity index (χ3v) is 12.2. The largest absolute Gasteiger partial charge is 0.381 e. The number of hydrogen-bond acceptors (Lipinski definition) is 4. The summed E-state index contributed by atoms with van der Waals surface area (Å²) in [5, 5.41) is 0. The maximum atomic E-state index is 12.8. The van der Waals surface area contributed by atoms with Crippen LogP contribution in [0.5, 0.6) is 0 Å². The topological polar surface area (TPSA) is 32.8 Å². The number of carbonyl (C=O) groups is 1. The maximum absolute atomic E-state index is 12.8. The summed E-state index contributed by atoms with van der Waals surface area (Å²) in [5.74, 6) is 2.64. The summed E-state index contributed by atoms with van der Waals surface area (Å²) in [7, 11) is 2.04. The zero-order valence-electron chi connectivity index (χ0n) is 34.9. The number of likely N-dealkylation sites (N-methyl/N-ethyl adjacent to an activating group) is 1. The van der Waals surface area contributed by atoms with E-state index < -0.39 is 0 Å². The van der Waals surface area contributed by atoms with E-state index >= 15 is 0 Å². The van der Waals surface area contributed by atoms with Crippen LogP contribution in [-0.4, -0.2) is 73.7 Å². The molecule has 0 spiro atoms.